The number of carbonyl (C=O) groups excluding carboxylic acids is 2. The molecule has 138 valence electrons. The van der Waals surface area contributed by atoms with E-state index >= 15 is 0 Å². The van der Waals surface area contributed by atoms with Gasteiger partial charge in [-0.15, -0.1) is 11.3 Å². The second-order valence-electron chi connectivity index (χ2n) is 6.98. The third-order valence-electron chi connectivity index (χ3n) is 4.45. The number of carbonyl (C=O) groups is 2. The third kappa shape index (κ3) is 4.51. The zero-order valence-corrected chi connectivity index (χ0v) is 16.0. The minimum absolute atomic E-state index is 0.0516. The first kappa shape index (κ1) is 18.6. The van der Waals surface area contributed by atoms with Gasteiger partial charge >= 0.3 is 6.03 Å². The summed E-state index contributed by atoms with van der Waals surface area (Å²) in [7, 11) is 0. The fourth-order valence-electron chi connectivity index (χ4n) is 3.26. The van der Waals surface area contributed by atoms with Crippen molar-refractivity contribution >= 4 is 23.3 Å². The number of nitrogens with one attached hydrogen (secondary N) is 2. The average Bonchev–Trinajstić information content (AvgIpc) is 3.09. The highest BCUT2D eigenvalue weighted by atomic mass is 32.1. The van der Waals surface area contributed by atoms with Gasteiger partial charge in [0, 0.05) is 18.0 Å². The second-order valence-corrected chi connectivity index (χ2v) is 7.99. The number of fused-ring (bicyclic) bond motifs is 1. The van der Waals surface area contributed by atoms with Crippen molar-refractivity contribution < 1.29 is 9.59 Å². The standard InChI is InChI=1S/C20H25N3O2S/c1-14(2)12-21-20(25)22-18(24)13-23-10-8-17-16(9-11-26-17)19(23)15-6-4-3-5-7-15/h3-7,9,11,14,19H,8,10,12-13H2,1-2H3,(H2,21,22,24,25). The molecule has 1 aliphatic rings. The highest BCUT2D eigenvalue weighted by molar-refractivity contribution is 7.10. The van der Waals surface area contributed by atoms with E-state index in [-0.39, 0.29) is 18.5 Å². The Kier molecular flexibility index (Phi) is 6.06. The first-order valence-corrected chi connectivity index (χ1v) is 9.85. The molecule has 0 saturated heterocycles. The summed E-state index contributed by atoms with van der Waals surface area (Å²) in [5, 5.41) is 7.28. The fraction of sp³-hybridized carbons (Fsp3) is 0.400. The summed E-state index contributed by atoms with van der Waals surface area (Å²) in [5.74, 6) is 0.0725. The molecule has 0 bridgehead atoms. The predicted octanol–water partition coefficient (Wildman–Crippen LogP) is 3.18. The Morgan fingerprint density at radius 1 is 1.23 bits per heavy atom. The van der Waals surface area contributed by atoms with E-state index in [2.05, 4.69) is 39.1 Å². The maximum absolute atomic E-state index is 12.4. The van der Waals surface area contributed by atoms with E-state index in [1.54, 1.807) is 11.3 Å². The van der Waals surface area contributed by atoms with Crippen molar-refractivity contribution in [3.8, 4) is 0 Å². The van der Waals surface area contributed by atoms with Crippen molar-refractivity contribution in [3.05, 3.63) is 57.8 Å². The van der Waals surface area contributed by atoms with Crippen LogP contribution in [-0.2, 0) is 11.2 Å². The van der Waals surface area contributed by atoms with E-state index in [9.17, 15) is 9.59 Å². The lowest BCUT2D eigenvalue weighted by molar-refractivity contribution is -0.121. The Hall–Kier alpha value is -2.18. The molecule has 6 heteroatoms. The topological polar surface area (TPSA) is 61.4 Å². The van der Waals surface area contributed by atoms with Gasteiger partial charge in [-0.05, 0) is 34.9 Å². The third-order valence-corrected chi connectivity index (χ3v) is 5.45. The SMILES string of the molecule is CC(C)CNC(=O)NC(=O)CN1CCc2sccc2C1c1ccccc1. The summed E-state index contributed by atoms with van der Waals surface area (Å²) in [6, 6.07) is 12.0. The Labute approximate surface area is 158 Å². The molecule has 1 aromatic heterocycles. The van der Waals surface area contributed by atoms with Crippen LogP contribution >= 0.6 is 11.3 Å². The van der Waals surface area contributed by atoms with E-state index in [4.69, 9.17) is 0 Å². The number of imide groups is 1. The molecular weight excluding hydrogens is 346 g/mol. The van der Waals surface area contributed by atoms with Crippen LogP contribution in [0.15, 0.2) is 41.8 Å². The lowest BCUT2D eigenvalue weighted by atomic mass is 9.93. The van der Waals surface area contributed by atoms with Crippen molar-refractivity contribution in [1.29, 1.82) is 0 Å². The molecule has 3 amide bonds. The number of urea groups is 1. The Bertz CT molecular complexity index is 757. The van der Waals surface area contributed by atoms with Crippen molar-refractivity contribution in [2.45, 2.75) is 26.3 Å². The van der Waals surface area contributed by atoms with Gasteiger partial charge in [0.1, 0.15) is 0 Å². The molecule has 2 N–H and O–H groups in total. The molecule has 1 unspecified atom stereocenters. The Balaban J connectivity index is 1.70. The van der Waals surface area contributed by atoms with Crippen LogP contribution in [0.2, 0.25) is 0 Å². The van der Waals surface area contributed by atoms with Crippen LogP contribution in [0, 0.1) is 5.92 Å². The minimum Gasteiger partial charge on any atom is -0.338 e. The number of hydrogen-bond acceptors (Lipinski definition) is 4. The van der Waals surface area contributed by atoms with Crippen LogP contribution < -0.4 is 10.6 Å². The van der Waals surface area contributed by atoms with Crippen molar-refractivity contribution in [1.82, 2.24) is 15.5 Å². The summed E-state index contributed by atoms with van der Waals surface area (Å²) in [4.78, 5) is 27.8. The molecule has 0 fully saturated rings. The zero-order valence-electron chi connectivity index (χ0n) is 15.2. The van der Waals surface area contributed by atoms with Gasteiger partial charge in [-0.2, -0.15) is 0 Å². The van der Waals surface area contributed by atoms with Gasteiger partial charge in [0.15, 0.2) is 0 Å². The summed E-state index contributed by atoms with van der Waals surface area (Å²) >= 11 is 1.77. The van der Waals surface area contributed by atoms with E-state index < -0.39 is 6.03 Å². The predicted molar refractivity (Wildman–Crippen MR) is 104 cm³/mol. The van der Waals surface area contributed by atoms with Crippen LogP contribution in [0.4, 0.5) is 4.79 Å². The van der Waals surface area contributed by atoms with Crippen molar-refractivity contribution in [2.75, 3.05) is 19.6 Å². The van der Waals surface area contributed by atoms with Gasteiger partial charge in [0.2, 0.25) is 5.91 Å². The number of rotatable bonds is 5. The van der Waals surface area contributed by atoms with Gasteiger partial charge in [-0.3, -0.25) is 15.0 Å². The van der Waals surface area contributed by atoms with Gasteiger partial charge in [0.05, 0.1) is 12.6 Å². The molecular formula is C20H25N3O2S. The normalized spacial score (nSPS) is 17.0. The van der Waals surface area contributed by atoms with Gasteiger partial charge in [0.25, 0.3) is 0 Å². The van der Waals surface area contributed by atoms with Gasteiger partial charge in [-0.1, -0.05) is 44.2 Å². The highest BCUT2D eigenvalue weighted by Gasteiger charge is 2.30. The molecule has 1 atom stereocenters. The number of nitrogens with zero attached hydrogens (tertiary/aromatic N) is 1. The highest BCUT2D eigenvalue weighted by Crippen LogP contribution is 2.37. The zero-order chi connectivity index (χ0) is 18.5. The van der Waals surface area contributed by atoms with E-state index in [0.717, 1.165) is 13.0 Å². The van der Waals surface area contributed by atoms with Crippen LogP contribution in [0.1, 0.15) is 35.9 Å². The van der Waals surface area contributed by atoms with Crippen LogP contribution in [-0.4, -0.2) is 36.5 Å². The Morgan fingerprint density at radius 3 is 2.73 bits per heavy atom. The van der Waals surface area contributed by atoms with Crippen molar-refractivity contribution in [3.63, 3.8) is 0 Å². The Morgan fingerprint density at radius 2 is 2.00 bits per heavy atom. The quantitative estimate of drug-likeness (QED) is 0.849. The molecule has 5 nitrogen and oxygen atoms in total. The summed E-state index contributed by atoms with van der Waals surface area (Å²) in [5.41, 5.74) is 2.44. The molecule has 0 radical (unpaired) electrons. The smallest absolute Gasteiger partial charge is 0.321 e. The number of hydrogen-bond donors (Lipinski definition) is 2. The summed E-state index contributed by atoms with van der Waals surface area (Å²) in [6.45, 7) is 5.57. The number of amides is 3. The van der Waals surface area contributed by atoms with Crippen LogP contribution in [0.3, 0.4) is 0 Å². The van der Waals surface area contributed by atoms with E-state index in [1.165, 1.54) is 16.0 Å². The molecule has 26 heavy (non-hydrogen) atoms. The molecule has 2 aromatic rings. The number of thiophene rings is 1. The summed E-state index contributed by atoms with van der Waals surface area (Å²) in [6.07, 6.45) is 0.934. The molecule has 0 saturated carbocycles. The molecule has 1 aromatic carbocycles. The maximum atomic E-state index is 12.4. The minimum atomic E-state index is -0.423. The first-order valence-electron chi connectivity index (χ1n) is 8.97. The molecule has 0 spiro atoms. The fourth-order valence-corrected chi connectivity index (χ4v) is 4.16. The molecule has 1 aliphatic heterocycles. The van der Waals surface area contributed by atoms with E-state index in [0.29, 0.717) is 12.5 Å². The first-order chi connectivity index (χ1) is 12.5. The lowest BCUT2D eigenvalue weighted by Gasteiger charge is -2.35. The monoisotopic (exact) mass is 371 g/mol. The van der Waals surface area contributed by atoms with Crippen LogP contribution in [0.5, 0.6) is 0 Å². The average molecular weight is 372 g/mol. The second kappa shape index (κ2) is 8.47. The van der Waals surface area contributed by atoms with Crippen molar-refractivity contribution in [2.24, 2.45) is 5.92 Å². The molecule has 2 heterocycles. The molecule has 0 aliphatic carbocycles. The molecule has 3 rings (SSSR count). The largest absolute Gasteiger partial charge is 0.338 e. The number of benzene rings is 1. The van der Waals surface area contributed by atoms with Gasteiger partial charge in [-0.25, -0.2) is 4.79 Å². The van der Waals surface area contributed by atoms with E-state index in [1.807, 2.05) is 32.0 Å². The van der Waals surface area contributed by atoms with Crippen LogP contribution in [0.25, 0.3) is 0 Å². The van der Waals surface area contributed by atoms with Gasteiger partial charge < -0.3 is 5.32 Å². The lowest BCUT2D eigenvalue weighted by Crippen LogP contribution is -2.47. The maximum Gasteiger partial charge on any atom is 0.321 e. The summed E-state index contributed by atoms with van der Waals surface area (Å²) < 4.78 is 0.